The van der Waals surface area contributed by atoms with Crippen LogP contribution < -0.4 is 5.32 Å². The molecule has 7 heteroatoms. The molecule has 2 N–H and O–H groups in total. The zero-order chi connectivity index (χ0) is 24.4. The van der Waals surface area contributed by atoms with Crippen LogP contribution in [0.1, 0.15) is 47.1 Å². The van der Waals surface area contributed by atoms with Crippen LogP contribution in [0.4, 0.5) is 5.95 Å². The lowest BCUT2D eigenvalue weighted by Gasteiger charge is -2.52. The smallest absolute Gasteiger partial charge is 0.273 e. The van der Waals surface area contributed by atoms with E-state index in [0.29, 0.717) is 17.1 Å². The Morgan fingerprint density at radius 3 is 2.34 bits per heavy atom. The van der Waals surface area contributed by atoms with Gasteiger partial charge in [-0.25, -0.2) is 4.98 Å². The number of hydrogen-bond donors (Lipinski definition) is 2. The van der Waals surface area contributed by atoms with Crippen LogP contribution in [0.2, 0.25) is 0 Å². The van der Waals surface area contributed by atoms with E-state index >= 15 is 0 Å². The third-order valence-corrected chi connectivity index (χ3v) is 7.66. The van der Waals surface area contributed by atoms with Crippen LogP contribution in [0.3, 0.4) is 0 Å². The number of rotatable bonds is 4. The highest BCUT2D eigenvalue weighted by Gasteiger charge is 2.67. The van der Waals surface area contributed by atoms with Crippen molar-refractivity contribution in [2.45, 2.75) is 31.7 Å². The van der Waals surface area contributed by atoms with Gasteiger partial charge in [-0.05, 0) is 36.6 Å². The van der Waals surface area contributed by atoms with Gasteiger partial charge in [-0.3, -0.25) is 20.2 Å². The number of fused-ring (bicyclic) bond motifs is 1. The summed E-state index contributed by atoms with van der Waals surface area (Å²) in [4.78, 5) is 34.0. The second-order valence-corrected chi connectivity index (χ2v) is 9.79. The molecule has 0 aliphatic heterocycles. The van der Waals surface area contributed by atoms with Gasteiger partial charge in [0.2, 0.25) is 11.9 Å². The van der Waals surface area contributed by atoms with Gasteiger partial charge in [0.05, 0.1) is 17.3 Å². The highest BCUT2D eigenvalue weighted by Crippen LogP contribution is 2.63. The number of amides is 1. The average Bonchev–Trinajstić information content (AvgIpc) is 3.32. The second kappa shape index (κ2) is 7.37. The number of benzene rings is 3. The molecule has 0 spiro atoms. The number of imidazole rings is 1. The van der Waals surface area contributed by atoms with Crippen molar-refractivity contribution in [1.82, 2.24) is 9.97 Å². The summed E-state index contributed by atoms with van der Waals surface area (Å²) in [6.07, 6.45) is 1.76. The monoisotopic (exact) mass is 464 g/mol. The first-order valence-corrected chi connectivity index (χ1v) is 11.6. The zero-order valence-electron chi connectivity index (χ0n) is 19.4. The van der Waals surface area contributed by atoms with E-state index in [0.717, 1.165) is 27.9 Å². The van der Waals surface area contributed by atoms with Crippen LogP contribution in [0.15, 0.2) is 79.0 Å². The number of nitro groups is 1. The molecule has 1 amide bonds. The fraction of sp³-hybridized carbons (Fsp3) is 0.214. The Bertz CT molecular complexity index is 1460. The minimum atomic E-state index is -1.48. The Balaban J connectivity index is 1.43. The van der Waals surface area contributed by atoms with E-state index in [4.69, 9.17) is 0 Å². The number of nitrogens with zero attached hydrogens (tertiary/aromatic N) is 2. The van der Waals surface area contributed by atoms with Gasteiger partial charge >= 0.3 is 0 Å². The molecule has 1 aromatic heterocycles. The standard InChI is InChI=1S/C28H24N4O3/c1-17-8-7-9-18(14-17)23-15-29-26(30-23)31-25(33)27(2)16-28(32(34)35)21-12-5-3-10-19(21)24(27)20-11-4-6-13-22(20)28/h3-15,24H,16H2,1-2H3,(H2,29,30,31,33). The molecule has 3 aliphatic carbocycles. The fourth-order valence-electron chi connectivity index (χ4n) is 6.14. The molecule has 0 saturated carbocycles. The maximum absolute atomic E-state index is 13.9. The summed E-state index contributed by atoms with van der Waals surface area (Å²) in [5.41, 5.74) is 3.38. The van der Waals surface area contributed by atoms with Crippen LogP contribution in [0, 0.1) is 22.5 Å². The Kier molecular flexibility index (Phi) is 4.48. The Morgan fingerprint density at radius 2 is 1.71 bits per heavy atom. The highest BCUT2D eigenvalue weighted by atomic mass is 16.6. The van der Waals surface area contributed by atoms with Crippen molar-refractivity contribution in [3.8, 4) is 11.3 Å². The van der Waals surface area contributed by atoms with Gasteiger partial charge in [0.15, 0.2) is 0 Å². The summed E-state index contributed by atoms with van der Waals surface area (Å²) in [6.45, 7) is 3.85. The van der Waals surface area contributed by atoms with E-state index in [1.807, 2.05) is 86.6 Å². The maximum atomic E-state index is 13.9. The maximum Gasteiger partial charge on any atom is 0.273 e. The van der Waals surface area contributed by atoms with E-state index in [-0.39, 0.29) is 23.2 Å². The minimum Gasteiger partial charge on any atom is -0.324 e. The topological polar surface area (TPSA) is 101 Å². The van der Waals surface area contributed by atoms with E-state index in [1.165, 1.54) is 0 Å². The van der Waals surface area contributed by atoms with Gasteiger partial charge < -0.3 is 4.98 Å². The van der Waals surface area contributed by atoms with Gasteiger partial charge in [-0.15, -0.1) is 0 Å². The summed E-state index contributed by atoms with van der Waals surface area (Å²) in [5, 5.41) is 15.7. The molecular weight excluding hydrogens is 440 g/mol. The van der Waals surface area contributed by atoms with Crippen LogP contribution in [-0.2, 0) is 10.3 Å². The number of hydrogen-bond acceptors (Lipinski definition) is 4. The molecule has 0 saturated heterocycles. The molecule has 7 nitrogen and oxygen atoms in total. The lowest BCUT2D eigenvalue weighted by atomic mass is 9.49. The molecule has 0 fully saturated rings. The quantitative estimate of drug-likeness (QED) is 0.312. The normalized spacial score (nSPS) is 23.9. The third-order valence-electron chi connectivity index (χ3n) is 7.66. The number of anilines is 1. The molecular formula is C28H24N4O3. The van der Waals surface area contributed by atoms with Gasteiger partial charge in [-0.2, -0.15) is 0 Å². The van der Waals surface area contributed by atoms with Crippen molar-refractivity contribution in [1.29, 1.82) is 0 Å². The predicted molar refractivity (Wildman–Crippen MR) is 133 cm³/mol. The van der Waals surface area contributed by atoms with Crippen molar-refractivity contribution in [3.05, 3.63) is 117 Å². The molecule has 1 unspecified atom stereocenters. The molecule has 0 radical (unpaired) electrons. The first-order valence-electron chi connectivity index (χ1n) is 11.6. The Morgan fingerprint density at radius 1 is 1.06 bits per heavy atom. The van der Waals surface area contributed by atoms with E-state index < -0.39 is 11.0 Å². The molecule has 35 heavy (non-hydrogen) atoms. The summed E-state index contributed by atoms with van der Waals surface area (Å²) < 4.78 is 0. The number of aromatic nitrogens is 2. The summed E-state index contributed by atoms with van der Waals surface area (Å²) in [7, 11) is 0. The van der Waals surface area contributed by atoms with Gasteiger partial charge in [-0.1, -0.05) is 72.3 Å². The number of carbonyl (C=O) groups excluding carboxylic acids is 1. The second-order valence-electron chi connectivity index (χ2n) is 9.79. The van der Waals surface area contributed by atoms with Crippen molar-refractivity contribution in [2.24, 2.45) is 5.41 Å². The van der Waals surface area contributed by atoms with Crippen molar-refractivity contribution in [2.75, 3.05) is 5.32 Å². The van der Waals surface area contributed by atoms with Crippen molar-refractivity contribution >= 4 is 11.9 Å². The Hall–Kier alpha value is -4.26. The van der Waals surface area contributed by atoms with Crippen LogP contribution in [0.25, 0.3) is 11.3 Å². The number of carbonyl (C=O) groups is 1. The summed E-state index contributed by atoms with van der Waals surface area (Å²) >= 11 is 0. The van der Waals surface area contributed by atoms with E-state index in [2.05, 4.69) is 15.3 Å². The van der Waals surface area contributed by atoms with Crippen LogP contribution in [-0.4, -0.2) is 20.8 Å². The lowest BCUT2D eigenvalue weighted by molar-refractivity contribution is -0.573. The number of aromatic amines is 1. The lowest BCUT2D eigenvalue weighted by Crippen LogP contribution is -2.57. The molecule has 174 valence electrons. The molecule has 3 aliphatic rings. The van der Waals surface area contributed by atoms with E-state index in [9.17, 15) is 14.9 Å². The third kappa shape index (κ3) is 2.91. The molecule has 1 heterocycles. The molecule has 7 rings (SSSR count). The summed E-state index contributed by atoms with van der Waals surface area (Å²) in [6, 6.07) is 22.9. The SMILES string of the molecule is Cc1cccc(-c2cnc(NC(=O)C3(C)CC4([N+](=O)[O-])c5ccccc5C3c3ccccc34)[nH]2)c1. The molecule has 1 atom stereocenters. The van der Waals surface area contributed by atoms with Crippen molar-refractivity contribution < 1.29 is 9.72 Å². The minimum absolute atomic E-state index is 0.0724. The predicted octanol–water partition coefficient (Wildman–Crippen LogP) is 5.40. The van der Waals surface area contributed by atoms with Gasteiger partial charge in [0.1, 0.15) is 0 Å². The van der Waals surface area contributed by atoms with E-state index in [1.54, 1.807) is 6.20 Å². The largest absolute Gasteiger partial charge is 0.324 e. The molecule has 2 bridgehead atoms. The fourth-order valence-corrected chi connectivity index (χ4v) is 6.14. The number of aryl methyl sites for hydroxylation is 1. The Labute approximate surface area is 202 Å². The van der Waals surface area contributed by atoms with Crippen LogP contribution >= 0.6 is 0 Å². The highest BCUT2D eigenvalue weighted by molar-refractivity contribution is 5.96. The number of H-pyrrole nitrogens is 1. The van der Waals surface area contributed by atoms with Crippen LogP contribution in [0.5, 0.6) is 0 Å². The summed E-state index contributed by atoms with van der Waals surface area (Å²) in [5.74, 6) is -0.267. The van der Waals surface area contributed by atoms with Crippen molar-refractivity contribution in [3.63, 3.8) is 0 Å². The molecule has 3 aromatic carbocycles. The first-order chi connectivity index (χ1) is 16.8. The van der Waals surface area contributed by atoms with Gasteiger partial charge in [0, 0.05) is 28.4 Å². The number of nitrogens with one attached hydrogen (secondary N) is 2. The zero-order valence-corrected chi connectivity index (χ0v) is 19.4. The average molecular weight is 465 g/mol. The molecule has 4 aromatic rings. The van der Waals surface area contributed by atoms with Gasteiger partial charge in [0.25, 0.3) is 5.54 Å². The first kappa shape index (κ1) is 21.3.